The maximum Gasteiger partial charge on any atom is 0.407 e. The van der Waals surface area contributed by atoms with Gasteiger partial charge < -0.3 is 25.2 Å². The highest BCUT2D eigenvalue weighted by molar-refractivity contribution is 5.91. The van der Waals surface area contributed by atoms with E-state index in [1.165, 1.54) is 0 Å². The molecule has 0 saturated carbocycles. The minimum atomic E-state index is -1.41. The average molecular weight is 511 g/mol. The van der Waals surface area contributed by atoms with E-state index < -0.39 is 48.0 Å². The molecule has 2 atom stereocenters. The van der Waals surface area contributed by atoms with E-state index in [2.05, 4.69) is 10.6 Å². The Kier molecular flexibility index (Phi) is 8.57. The van der Waals surface area contributed by atoms with Gasteiger partial charge in [0, 0.05) is 5.92 Å². The van der Waals surface area contributed by atoms with Crippen LogP contribution in [-0.2, 0) is 23.9 Å². The Balaban J connectivity index is 1.66. The van der Waals surface area contributed by atoms with Gasteiger partial charge in [0.2, 0.25) is 5.91 Å². The SMILES string of the molecule is CC(C)[C@H](NC(=O)OCC1c2ccccc2-c2ccccc21)C(=O)N[C@@H](CC(=O)O)C(=O)OC(C)(C)C. The van der Waals surface area contributed by atoms with Gasteiger partial charge in [0.1, 0.15) is 24.3 Å². The minimum Gasteiger partial charge on any atom is -0.481 e. The molecule has 37 heavy (non-hydrogen) atoms. The van der Waals surface area contributed by atoms with Gasteiger partial charge in [-0.1, -0.05) is 62.4 Å². The van der Waals surface area contributed by atoms with Crippen LogP contribution in [0.1, 0.15) is 58.1 Å². The van der Waals surface area contributed by atoms with Crippen LogP contribution in [-0.4, -0.2) is 53.3 Å². The maximum absolute atomic E-state index is 13.0. The summed E-state index contributed by atoms with van der Waals surface area (Å²) in [7, 11) is 0. The molecule has 0 heterocycles. The van der Waals surface area contributed by atoms with E-state index >= 15 is 0 Å². The molecule has 0 radical (unpaired) electrons. The summed E-state index contributed by atoms with van der Waals surface area (Å²) < 4.78 is 10.8. The Hall–Kier alpha value is -3.88. The first kappa shape index (κ1) is 27.7. The van der Waals surface area contributed by atoms with Crippen molar-refractivity contribution in [2.24, 2.45) is 5.92 Å². The molecule has 0 spiro atoms. The van der Waals surface area contributed by atoms with Crippen LogP contribution in [0.3, 0.4) is 0 Å². The lowest BCUT2D eigenvalue weighted by Crippen LogP contribution is -2.55. The van der Waals surface area contributed by atoms with Crippen molar-refractivity contribution < 1.29 is 33.8 Å². The number of hydrogen-bond donors (Lipinski definition) is 3. The number of nitrogens with one attached hydrogen (secondary N) is 2. The highest BCUT2D eigenvalue weighted by Crippen LogP contribution is 2.44. The number of carbonyl (C=O) groups excluding carboxylic acids is 3. The maximum atomic E-state index is 13.0. The second-order valence-corrected chi connectivity index (χ2v) is 10.4. The summed E-state index contributed by atoms with van der Waals surface area (Å²) in [6.45, 7) is 8.42. The molecule has 2 amide bonds. The number of hydrogen-bond acceptors (Lipinski definition) is 6. The predicted octanol–water partition coefficient (Wildman–Crippen LogP) is 3.85. The standard InChI is InChI=1S/C28H34N2O7/c1-16(2)24(25(33)29-22(14-23(31)32)26(34)37-28(3,4)5)30-27(35)36-15-21-19-12-8-6-10-17(19)18-11-7-9-13-20(18)21/h6-13,16,21-22,24H,14-15H2,1-5H3,(H,29,33)(H,30,35)(H,31,32)/t22-,24-/m0/s1. The number of carboxylic acids is 1. The summed E-state index contributed by atoms with van der Waals surface area (Å²) >= 11 is 0. The van der Waals surface area contributed by atoms with Crippen LogP contribution in [0.5, 0.6) is 0 Å². The van der Waals surface area contributed by atoms with Crippen molar-refractivity contribution in [2.45, 2.75) is 64.6 Å². The van der Waals surface area contributed by atoms with E-state index in [0.717, 1.165) is 22.3 Å². The minimum absolute atomic E-state index is 0.0752. The third kappa shape index (κ3) is 7.09. The lowest BCUT2D eigenvalue weighted by atomic mass is 9.98. The quantitative estimate of drug-likeness (QED) is 0.437. The summed E-state index contributed by atoms with van der Waals surface area (Å²) in [5, 5.41) is 14.2. The molecule has 198 valence electrons. The van der Waals surface area contributed by atoms with Gasteiger partial charge in [-0.15, -0.1) is 0 Å². The number of aliphatic carboxylic acids is 1. The Bertz CT molecular complexity index is 1120. The molecule has 3 N–H and O–H groups in total. The summed E-state index contributed by atoms with van der Waals surface area (Å²) in [4.78, 5) is 49.5. The number of amides is 2. The molecule has 1 aliphatic rings. The summed E-state index contributed by atoms with van der Waals surface area (Å²) in [6, 6.07) is 13.4. The highest BCUT2D eigenvalue weighted by Gasteiger charge is 2.34. The van der Waals surface area contributed by atoms with E-state index in [-0.39, 0.29) is 18.4 Å². The lowest BCUT2D eigenvalue weighted by molar-refractivity contribution is -0.161. The third-order valence-electron chi connectivity index (χ3n) is 5.95. The normalized spacial score (nSPS) is 14.2. The molecule has 0 aliphatic heterocycles. The molecular weight excluding hydrogens is 476 g/mol. The van der Waals surface area contributed by atoms with Crippen molar-refractivity contribution in [3.63, 3.8) is 0 Å². The van der Waals surface area contributed by atoms with Crippen molar-refractivity contribution in [1.29, 1.82) is 0 Å². The molecule has 9 nitrogen and oxygen atoms in total. The molecule has 9 heteroatoms. The molecule has 0 bridgehead atoms. The molecule has 3 rings (SSSR count). The van der Waals surface area contributed by atoms with Gasteiger partial charge in [-0.25, -0.2) is 9.59 Å². The van der Waals surface area contributed by atoms with Crippen LogP contribution in [0.25, 0.3) is 11.1 Å². The van der Waals surface area contributed by atoms with Crippen LogP contribution >= 0.6 is 0 Å². The Morgan fingerprint density at radius 1 is 0.919 bits per heavy atom. The summed E-state index contributed by atoms with van der Waals surface area (Å²) in [5.41, 5.74) is 3.44. The van der Waals surface area contributed by atoms with Gasteiger partial charge in [-0.3, -0.25) is 9.59 Å². The van der Waals surface area contributed by atoms with E-state index in [1.807, 2.05) is 48.5 Å². The number of carboxylic acid groups (broad SMARTS) is 1. The number of rotatable bonds is 9. The highest BCUT2D eigenvalue weighted by atomic mass is 16.6. The molecular formula is C28H34N2O7. The van der Waals surface area contributed by atoms with Crippen LogP contribution in [0.15, 0.2) is 48.5 Å². The van der Waals surface area contributed by atoms with Crippen LogP contribution in [0.4, 0.5) is 4.79 Å². The molecule has 0 fully saturated rings. The molecule has 0 saturated heterocycles. The first-order chi connectivity index (χ1) is 17.4. The lowest BCUT2D eigenvalue weighted by Gasteiger charge is -2.27. The predicted molar refractivity (Wildman–Crippen MR) is 137 cm³/mol. The number of carbonyl (C=O) groups is 4. The van der Waals surface area contributed by atoms with Crippen LogP contribution in [0, 0.1) is 5.92 Å². The molecule has 2 aromatic carbocycles. The van der Waals surface area contributed by atoms with Crippen LogP contribution in [0.2, 0.25) is 0 Å². The fourth-order valence-electron chi connectivity index (χ4n) is 4.30. The van der Waals surface area contributed by atoms with Gasteiger partial charge in [-0.2, -0.15) is 0 Å². The number of benzene rings is 2. The third-order valence-corrected chi connectivity index (χ3v) is 5.95. The number of esters is 1. The van der Waals surface area contributed by atoms with Crippen LogP contribution < -0.4 is 10.6 Å². The Morgan fingerprint density at radius 3 is 1.95 bits per heavy atom. The Morgan fingerprint density at radius 2 is 1.46 bits per heavy atom. The zero-order valence-corrected chi connectivity index (χ0v) is 21.7. The van der Waals surface area contributed by atoms with Gasteiger partial charge in [-0.05, 0) is 48.9 Å². The largest absolute Gasteiger partial charge is 0.481 e. The zero-order chi connectivity index (χ0) is 27.3. The van der Waals surface area contributed by atoms with E-state index in [4.69, 9.17) is 9.47 Å². The number of alkyl carbamates (subject to hydrolysis) is 1. The molecule has 1 aliphatic carbocycles. The van der Waals surface area contributed by atoms with Crippen molar-refractivity contribution in [1.82, 2.24) is 10.6 Å². The van der Waals surface area contributed by atoms with E-state index in [9.17, 15) is 24.3 Å². The van der Waals surface area contributed by atoms with Crippen molar-refractivity contribution in [3.8, 4) is 11.1 Å². The van der Waals surface area contributed by atoms with Gasteiger partial charge in [0.15, 0.2) is 0 Å². The number of ether oxygens (including phenoxy) is 2. The zero-order valence-electron chi connectivity index (χ0n) is 21.7. The topological polar surface area (TPSA) is 131 Å². The smallest absolute Gasteiger partial charge is 0.407 e. The van der Waals surface area contributed by atoms with Gasteiger partial charge >= 0.3 is 18.0 Å². The molecule has 0 aromatic heterocycles. The summed E-state index contributed by atoms with van der Waals surface area (Å²) in [6.07, 6.45) is -1.45. The summed E-state index contributed by atoms with van der Waals surface area (Å²) in [5.74, 6) is -3.37. The monoisotopic (exact) mass is 510 g/mol. The van der Waals surface area contributed by atoms with Gasteiger partial charge in [0.05, 0.1) is 6.42 Å². The first-order valence-electron chi connectivity index (χ1n) is 12.2. The average Bonchev–Trinajstić information content (AvgIpc) is 3.13. The van der Waals surface area contributed by atoms with Crippen molar-refractivity contribution in [3.05, 3.63) is 59.7 Å². The second-order valence-electron chi connectivity index (χ2n) is 10.4. The van der Waals surface area contributed by atoms with Gasteiger partial charge in [0.25, 0.3) is 0 Å². The Labute approximate surface area is 216 Å². The number of fused-ring (bicyclic) bond motifs is 3. The van der Waals surface area contributed by atoms with Crippen molar-refractivity contribution in [2.75, 3.05) is 6.61 Å². The van der Waals surface area contributed by atoms with E-state index in [1.54, 1.807) is 34.6 Å². The molecule has 2 aromatic rings. The molecule has 0 unspecified atom stereocenters. The fourth-order valence-corrected chi connectivity index (χ4v) is 4.30. The first-order valence-corrected chi connectivity index (χ1v) is 12.2. The second kappa shape index (κ2) is 11.5. The van der Waals surface area contributed by atoms with E-state index in [0.29, 0.717) is 0 Å². The fraction of sp³-hybridized carbons (Fsp3) is 0.429. The van der Waals surface area contributed by atoms with Crippen molar-refractivity contribution >= 4 is 23.9 Å².